The van der Waals surface area contributed by atoms with E-state index in [1.807, 2.05) is 0 Å². The normalized spacial score (nSPS) is 12.8. The number of unbranched alkanes of at least 4 members (excludes halogenated alkanes) is 20. The molecule has 0 aromatic rings. The molecule has 0 aromatic heterocycles. The average Bonchev–Trinajstić information content (AvgIpc) is 3.27. The number of hydrogen-bond acceptors (Lipinski definition) is 6. The van der Waals surface area contributed by atoms with Crippen molar-refractivity contribution in [1.82, 2.24) is 0 Å². The van der Waals surface area contributed by atoms with Gasteiger partial charge in [0.05, 0.1) is 0 Å². The molecule has 0 aliphatic heterocycles. The second kappa shape index (κ2) is 50.2. The maximum Gasteiger partial charge on any atom is 0.306 e. The fourth-order valence-electron chi connectivity index (χ4n) is 6.77. The van der Waals surface area contributed by atoms with Gasteiger partial charge < -0.3 is 14.2 Å². The van der Waals surface area contributed by atoms with E-state index in [-0.39, 0.29) is 31.1 Å². The number of allylic oxidation sites excluding steroid dienone is 14. The van der Waals surface area contributed by atoms with Gasteiger partial charge in [-0.3, -0.25) is 14.4 Å². The van der Waals surface area contributed by atoms with E-state index in [9.17, 15) is 14.4 Å². The van der Waals surface area contributed by atoms with Crippen LogP contribution in [0, 0.1) is 0 Å². The van der Waals surface area contributed by atoms with Gasteiger partial charge >= 0.3 is 17.9 Å². The Bertz CT molecular complexity index is 1220. The summed E-state index contributed by atoms with van der Waals surface area (Å²) >= 11 is 0. The highest BCUT2D eigenvalue weighted by Crippen LogP contribution is 2.14. The third-order valence-electron chi connectivity index (χ3n) is 10.6. The van der Waals surface area contributed by atoms with E-state index in [0.717, 1.165) is 141 Å². The molecule has 0 N–H and O–H groups in total. The summed E-state index contributed by atoms with van der Waals surface area (Å²) in [4.78, 5) is 37.9. The van der Waals surface area contributed by atoms with Gasteiger partial charge in [0.1, 0.15) is 13.2 Å². The van der Waals surface area contributed by atoms with E-state index in [1.54, 1.807) is 0 Å². The van der Waals surface area contributed by atoms with Gasteiger partial charge in [0, 0.05) is 19.3 Å². The number of carbonyl (C=O) groups excluding carboxylic acids is 3. The molecule has 0 rings (SSSR count). The van der Waals surface area contributed by atoms with Gasteiger partial charge in [0.15, 0.2) is 6.10 Å². The van der Waals surface area contributed by atoms with Gasteiger partial charge in [-0.1, -0.05) is 196 Å². The first-order chi connectivity index (χ1) is 30.5. The summed E-state index contributed by atoms with van der Waals surface area (Å²) < 4.78 is 16.7. The molecule has 0 saturated carbocycles. The van der Waals surface area contributed by atoms with E-state index >= 15 is 0 Å². The fraction of sp³-hybridized carbons (Fsp3) is 0.696. The lowest BCUT2D eigenvalue weighted by Crippen LogP contribution is -2.30. The molecule has 62 heavy (non-hydrogen) atoms. The van der Waals surface area contributed by atoms with Crippen molar-refractivity contribution in [3.63, 3.8) is 0 Å². The molecule has 6 heteroatoms. The van der Waals surface area contributed by atoms with E-state index in [2.05, 4.69) is 106 Å². The summed E-state index contributed by atoms with van der Waals surface area (Å²) in [5.41, 5.74) is 0. The lowest BCUT2D eigenvalue weighted by Gasteiger charge is -2.18. The highest BCUT2D eigenvalue weighted by molar-refractivity contribution is 5.71. The molecular formula is C56H94O6. The predicted octanol–water partition coefficient (Wildman–Crippen LogP) is 16.8. The Morgan fingerprint density at radius 2 is 0.629 bits per heavy atom. The molecule has 1 unspecified atom stereocenters. The summed E-state index contributed by atoms with van der Waals surface area (Å²) in [6, 6.07) is 0. The molecular weight excluding hydrogens is 769 g/mol. The molecule has 0 aromatic carbocycles. The van der Waals surface area contributed by atoms with Crippen LogP contribution in [0.2, 0.25) is 0 Å². The molecule has 0 fully saturated rings. The van der Waals surface area contributed by atoms with Crippen LogP contribution in [0.15, 0.2) is 85.1 Å². The number of carbonyl (C=O) groups is 3. The standard InChI is InChI=1S/C56H94O6/c1-4-7-10-13-16-19-22-24-25-26-27-28-29-30-31-33-34-37-40-43-46-49-55(58)61-52-53(51-60-54(57)48-45-42-39-36-21-18-15-12-9-6-3)62-56(59)50-47-44-41-38-35-32-23-20-17-14-11-8-5-2/h7,10-12,14-16,19-20,23-25,27-28,53H,4-6,8-9,13,17-18,21-22,26,29-52H2,1-3H3/b10-7-,14-11-,15-12-,19-16-,23-20-,25-24-,28-27-. The first-order valence-corrected chi connectivity index (χ1v) is 25.6. The Balaban J connectivity index is 4.34. The minimum atomic E-state index is -0.789. The topological polar surface area (TPSA) is 78.9 Å². The quantitative estimate of drug-likeness (QED) is 0.0263. The Morgan fingerprint density at radius 1 is 0.339 bits per heavy atom. The van der Waals surface area contributed by atoms with Crippen LogP contribution >= 0.6 is 0 Å². The second-order valence-electron chi connectivity index (χ2n) is 16.7. The van der Waals surface area contributed by atoms with Crippen molar-refractivity contribution in [3.8, 4) is 0 Å². The summed E-state index contributed by atoms with van der Waals surface area (Å²) in [7, 11) is 0. The molecule has 0 saturated heterocycles. The molecule has 0 radical (unpaired) electrons. The van der Waals surface area contributed by atoms with Crippen LogP contribution < -0.4 is 0 Å². The SMILES string of the molecule is CC/C=C\C/C=C\C/C=C\C/C=C\CCCCCCCCCCC(=O)OCC(COC(=O)CCCCCCC/C=C\CCC)OC(=O)CCCCCCC/C=C\C/C=C\CCC. The molecule has 354 valence electrons. The van der Waals surface area contributed by atoms with Crippen LogP contribution in [0.1, 0.15) is 233 Å². The maximum absolute atomic E-state index is 12.8. The Labute approximate surface area is 382 Å². The van der Waals surface area contributed by atoms with Gasteiger partial charge in [0.25, 0.3) is 0 Å². The van der Waals surface area contributed by atoms with Crippen molar-refractivity contribution < 1.29 is 28.6 Å². The zero-order chi connectivity index (χ0) is 45.1. The summed E-state index contributed by atoms with van der Waals surface area (Å²) in [5.74, 6) is -0.925. The minimum Gasteiger partial charge on any atom is -0.462 e. The number of hydrogen-bond donors (Lipinski definition) is 0. The molecule has 0 aliphatic rings. The van der Waals surface area contributed by atoms with Gasteiger partial charge in [0.2, 0.25) is 0 Å². The molecule has 0 amide bonds. The van der Waals surface area contributed by atoms with E-state index < -0.39 is 6.10 Å². The Hall–Kier alpha value is -3.41. The fourth-order valence-corrected chi connectivity index (χ4v) is 6.77. The average molecular weight is 863 g/mol. The lowest BCUT2D eigenvalue weighted by atomic mass is 10.1. The maximum atomic E-state index is 12.8. The van der Waals surface area contributed by atoms with E-state index in [4.69, 9.17) is 14.2 Å². The molecule has 0 spiro atoms. The highest BCUT2D eigenvalue weighted by Gasteiger charge is 2.19. The molecule has 0 heterocycles. The minimum absolute atomic E-state index is 0.0899. The summed E-state index contributed by atoms with van der Waals surface area (Å²) in [6.45, 7) is 6.36. The van der Waals surface area contributed by atoms with Gasteiger partial charge in [-0.2, -0.15) is 0 Å². The lowest BCUT2D eigenvalue weighted by molar-refractivity contribution is -0.167. The first-order valence-electron chi connectivity index (χ1n) is 25.6. The third kappa shape index (κ3) is 47.6. The van der Waals surface area contributed by atoms with E-state index in [1.165, 1.54) is 51.4 Å². The smallest absolute Gasteiger partial charge is 0.306 e. The largest absolute Gasteiger partial charge is 0.462 e. The third-order valence-corrected chi connectivity index (χ3v) is 10.6. The zero-order valence-electron chi connectivity index (χ0n) is 40.4. The van der Waals surface area contributed by atoms with Crippen LogP contribution in [0.4, 0.5) is 0 Å². The van der Waals surface area contributed by atoms with Crippen LogP contribution in [0.3, 0.4) is 0 Å². The van der Waals surface area contributed by atoms with Crippen LogP contribution in [0.25, 0.3) is 0 Å². The van der Waals surface area contributed by atoms with Crippen molar-refractivity contribution in [2.75, 3.05) is 13.2 Å². The molecule has 1 atom stereocenters. The first kappa shape index (κ1) is 58.6. The molecule has 6 nitrogen and oxygen atoms in total. The number of esters is 3. The Kier molecular flexibility index (Phi) is 47.5. The monoisotopic (exact) mass is 863 g/mol. The van der Waals surface area contributed by atoms with Gasteiger partial charge in [-0.05, 0) is 103 Å². The van der Waals surface area contributed by atoms with Crippen molar-refractivity contribution >= 4 is 17.9 Å². The number of rotatable bonds is 45. The number of ether oxygens (including phenoxy) is 3. The summed E-state index contributed by atoms with van der Waals surface area (Å²) in [5, 5.41) is 0. The van der Waals surface area contributed by atoms with Crippen LogP contribution in [-0.2, 0) is 28.6 Å². The van der Waals surface area contributed by atoms with Crippen LogP contribution in [-0.4, -0.2) is 37.2 Å². The predicted molar refractivity (Wildman–Crippen MR) is 265 cm³/mol. The van der Waals surface area contributed by atoms with Crippen LogP contribution in [0.5, 0.6) is 0 Å². The van der Waals surface area contributed by atoms with Gasteiger partial charge in [-0.25, -0.2) is 0 Å². The van der Waals surface area contributed by atoms with Gasteiger partial charge in [-0.15, -0.1) is 0 Å². The highest BCUT2D eigenvalue weighted by atomic mass is 16.6. The molecule has 0 bridgehead atoms. The Morgan fingerprint density at radius 3 is 1.02 bits per heavy atom. The zero-order valence-corrected chi connectivity index (χ0v) is 40.4. The second-order valence-corrected chi connectivity index (χ2v) is 16.7. The van der Waals surface area contributed by atoms with Crippen molar-refractivity contribution in [2.24, 2.45) is 0 Å². The molecule has 0 aliphatic carbocycles. The van der Waals surface area contributed by atoms with Crippen molar-refractivity contribution in [3.05, 3.63) is 85.1 Å². The van der Waals surface area contributed by atoms with Crippen molar-refractivity contribution in [2.45, 2.75) is 239 Å². The van der Waals surface area contributed by atoms with Crippen molar-refractivity contribution in [1.29, 1.82) is 0 Å². The van der Waals surface area contributed by atoms with E-state index in [0.29, 0.717) is 19.3 Å². The summed E-state index contributed by atoms with van der Waals surface area (Å²) in [6.07, 6.45) is 64.3.